The lowest BCUT2D eigenvalue weighted by molar-refractivity contribution is 0.0948. The number of carbonyl (C=O) groups is 2. The minimum Gasteiger partial charge on any atom is -0.348 e. The normalized spacial score (nSPS) is 13.6. The standard InChI is InChI=1S/C19H18N4O2/c1-12-6-2-3-7-14(12)21-19(25)17-22-16(18(24)20-13-9-10-13)15-8-4-5-11-23(15)17/h2-8,11,13H,9-10H2,1H3,(H,20,24)(H,21,25). The zero-order valence-corrected chi connectivity index (χ0v) is 13.8. The second kappa shape index (κ2) is 6.05. The first-order chi connectivity index (χ1) is 12.1. The van der Waals surface area contributed by atoms with Crippen molar-refractivity contribution in [2.24, 2.45) is 0 Å². The van der Waals surface area contributed by atoms with Gasteiger partial charge < -0.3 is 10.6 Å². The third-order valence-electron chi connectivity index (χ3n) is 4.27. The summed E-state index contributed by atoms with van der Waals surface area (Å²) in [7, 11) is 0. The van der Waals surface area contributed by atoms with E-state index in [0.717, 1.165) is 24.1 Å². The summed E-state index contributed by atoms with van der Waals surface area (Å²) < 4.78 is 1.65. The van der Waals surface area contributed by atoms with Crippen molar-refractivity contribution in [2.45, 2.75) is 25.8 Å². The van der Waals surface area contributed by atoms with Gasteiger partial charge in [0, 0.05) is 17.9 Å². The molecule has 1 fully saturated rings. The third kappa shape index (κ3) is 2.98. The number of para-hydroxylation sites is 1. The lowest BCUT2D eigenvalue weighted by Crippen LogP contribution is -2.26. The average molecular weight is 334 g/mol. The highest BCUT2D eigenvalue weighted by Crippen LogP contribution is 2.21. The van der Waals surface area contributed by atoms with E-state index in [1.54, 1.807) is 16.7 Å². The number of fused-ring (bicyclic) bond motifs is 1. The third-order valence-corrected chi connectivity index (χ3v) is 4.27. The molecule has 0 unspecified atom stereocenters. The van der Waals surface area contributed by atoms with Gasteiger partial charge in [-0.25, -0.2) is 4.98 Å². The largest absolute Gasteiger partial charge is 0.348 e. The molecule has 1 aromatic carbocycles. The molecule has 2 amide bonds. The molecule has 0 atom stereocenters. The van der Waals surface area contributed by atoms with E-state index >= 15 is 0 Å². The second-order valence-corrected chi connectivity index (χ2v) is 6.26. The first-order valence-electron chi connectivity index (χ1n) is 8.28. The van der Waals surface area contributed by atoms with Crippen molar-refractivity contribution in [1.82, 2.24) is 14.7 Å². The lowest BCUT2D eigenvalue weighted by Gasteiger charge is -2.07. The first-order valence-corrected chi connectivity index (χ1v) is 8.28. The van der Waals surface area contributed by atoms with E-state index in [4.69, 9.17) is 0 Å². The van der Waals surface area contributed by atoms with Crippen molar-refractivity contribution in [3.05, 3.63) is 65.7 Å². The number of nitrogens with one attached hydrogen (secondary N) is 2. The van der Waals surface area contributed by atoms with Crippen LogP contribution < -0.4 is 10.6 Å². The molecule has 1 saturated carbocycles. The fourth-order valence-electron chi connectivity index (χ4n) is 2.74. The summed E-state index contributed by atoms with van der Waals surface area (Å²) in [6.45, 7) is 1.92. The summed E-state index contributed by atoms with van der Waals surface area (Å²) in [6.07, 6.45) is 3.74. The summed E-state index contributed by atoms with van der Waals surface area (Å²) in [5.41, 5.74) is 2.59. The highest BCUT2D eigenvalue weighted by molar-refractivity contribution is 6.06. The Morgan fingerprint density at radius 2 is 1.84 bits per heavy atom. The van der Waals surface area contributed by atoms with Crippen molar-refractivity contribution in [3.8, 4) is 0 Å². The predicted octanol–water partition coefficient (Wildman–Crippen LogP) is 2.79. The van der Waals surface area contributed by atoms with E-state index in [2.05, 4.69) is 15.6 Å². The summed E-state index contributed by atoms with van der Waals surface area (Å²) >= 11 is 0. The molecule has 2 heterocycles. The van der Waals surface area contributed by atoms with Gasteiger partial charge in [-0.05, 0) is 43.5 Å². The number of hydrogen-bond donors (Lipinski definition) is 2. The quantitative estimate of drug-likeness (QED) is 0.770. The monoisotopic (exact) mass is 334 g/mol. The minimum atomic E-state index is -0.346. The fraction of sp³-hybridized carbons (Fsp3) is 0.211. The second-order valence-electron chi connectivity index (χ2n) is 6.26. The van der Waals surface area contributed by atoms with Crippen molar-refractivity contribution >= 4 is 23.0 Å². The highest BCUT2D eigenvalue weighted by Gasteiger charge is 2.27. The number of imidazole rings is 1. The van der Waals surface area contributed by atoms with Crippen LogP contribution in [0.25, 0.3) is 5.52 Å². The van der Waals surface area contributed by atoms with Crippen molar-refractivity contribution in [3.63, 3.8) is 0 Å². The molecule has 0 spiro atoms. The Hall–Kier alpha value is -3.15. The van der Waals surface area contributed by atoms with E-state index in [9.17, 15) is 9.59 Å². The van der Waals surface area contributed by atoms with Gasteiger partial charge in [-0.1, -0.05) is 24.3 Å². The number of nitrogens with zero attached hydrogens (tertiary/aromatic N) is 2. The van der Waals surface area contributed by atoms with Crippen LogP contribution >= 0.6 is 0 Å². The summed E-state index contributed by atoms with van der Waals surface area (Å²) in [6, 6.07) is 13.2. The molecule has 1 aliphatic rings. The number of carbonyl (C=O) groups excluding carboxylic acids is 2. The number of aryl methyl sites for hydroxylation is 1. The van der Waals surface area contributed by atoms with Crippen LogP contribution in [-0.2, 0) is 0 Å². The van der Waals surface area contributed by atoms with Crippen LogP contribution in [0.5, 0.6) is 0 Å². The molecule has 25 heavy (non-hydrogen) atoms. The molecule has 3 aromatic rings. The minimum absolute atomic E-state index is 0.194. The van der Waals surface area contributed by atoms with Crippen LogP contribution in [0.3, 0.4) is 0 Å². The smallest absolute Gasteiger partial charge is 0.292 e. The van der Waals surface area contributed by atoms with E-state index in [0.29, 0.717) is 5.52 Å². The number of benzene rings is 1. The molecule has 0 saturated heterocycles. The average Bonchev–Trinajstić information content (AvgIpc) is 3.33. The van der Waals surface area contributed by atoms with Gasteiger partial charge in [-0.3, -0.25) is 14.0 Å². The van der Waals surface area contributed by atoms with Crippen LogP contribution in [0, 0.1) is 6.92 Å². The predicted molar refractivity (Wildman–Crippen MR) is 94.8 cm³/mol. The van der Waals surface area contributed by atoms with Crippen LogP contribution in [-0.4, -0.2) is 27.2 Å². The Morgan fingerprint density at radius 1 is 1.08 bits per heavy atom. The fourth-order valence-corrected chi connectivity index (χ4v) is 2.74. The van der Waals surface area contributed by atoms with Gasteiger partial charge in [-0.15, -0.1) is 0 Å². The van der Waals surface area contributed by atoms with Crippen LogP contribution in [0.2, 0.25) is 0 Å². The van der Waals surface area contributed by atoms with Crippen LogP contribution in [0.1, 0.15) is 39.5 Å². The summed E-state index contributed by atoms with van der Waals surface area (Å²) in [5, 5.41) is 5.80. The van der Waals surface area contributed by atoms with Gasteiger partial charge in [-0.2, -0.15) is 0 Å². The highest BCUT2D eigenvalue weighted by atomic mass is 16.2. The maximum absolute atomic E-state index is 12.7. The number of amides is 2. The lowest BCUT2D eigenvalue weighted by atomic mass is 10.2. The van der Waals surface area contributed by atoms with E-state index in [1.165, 1.54) is 0 Å². The number of hydrogen-bond acceptors (Lipinski definition) is 3. The Morgan fingerprint density at radius 3 is 2.60 bits per heavy atom. The first kappa shape index (κ1) is 15.4. The molecule has 126 valence electrons. The van der Waals surface area contributed by atoms with E-state index < -0.39 is 0 Å². The Balaban J connectivity index is 1.70. The number of pyridine rings is 1. The molecule has 6 nitrogen and oxygen atoms in total. The Kier molecular flexibility index (Phi) is 3.72. The van der Waals surface area contributed by atoms with E-state index in [-0.39, 0.29) is 29.4 Å². The molecule has 0 radical (unpaired) electrons. The zero-order valence-electron chi connectivity index (χ0n) is 13.8. The van der Waals surface area contributed by atoms with Crippen LogP contribution in [0.15, 0.2) is 48.7 Å². The van der Waals surface area contributed by atoms with Gasteiger partial charge in [0.25, 0.3) is 11.8 Å². The van der Waals surface area contributed by atoms with Crippen molar-refractivity contribution in [2.75, 3.05) is 5.32 Å². The van der Waals surface area contributed by atoms with Gasteiger partial charge in [0.2, 0.25) is 5.82 Å². The molecule has 1 aliphatic carbocycles. The molecule has 4 rings (SSSR count). The SMILES string of the molecule is Cc1ccccc1NC(=O)c1nc(C(=O)NC2CC2)c2ccccn12. The molecule has 2 aromatic heterocycles. The molecule has 0 aliphatic heterocycles. The zero-order chi connectivity index (χ0) is 17.4. The van der Waals surface area contributed by atoms with Gasteiger partial charge in [0.05, 0.1) is 5.52 Å². The van der Waals surface area contributed by atoms with Gasteiger partial charge >= 0.3 is 0 Å². The number of aromatic nitrogens is 2. The van der Waals surface area contributed by atoms with Gasteiger partial charge in [0.15, 0.2) is 5.69 Å². The maximum atomic E-state index is 12.7. The molecule has 2 N–H and O–H groups in total. The van der Waals surface area contributed by atoms with Gasteiger partial charge in [0.1, 0.15) is 0 Å². The number of anilines is 1. The molecule has 6 heteroatoms. The van der Waals surface area contributed by atoms with Crippen LogP contribution in [0.4, 0.5) is 5.69 Å². The Bertz CT molecular complexity index is 972. The topological polar surface area (TPSA) is 75.5 Å². The molecular formula is C19H18N4O2. The van der Waals surface area contributed by atoms with Crippen molar-refractivity contribution < 1.29 is 9.59 Å². The maximum Gasteiger partial charge on any atom is 0.292 e. The molecule has 0 bridgehead atoms. The number of rotatable bonds is 4. The van der Waals surface area contributed by atoms with E-state index in [1.807, 2.05) is 43.3 Å². The molecular weight excluding hydrogens is 316 g/mol. The summed E-state index contributed by atoms with van der Waals surface area (Å²) in [5.74, 6) is -0.387. The Labute approximate surface area is 144 Å². The summed E-state index contributed by atoms with van der Waals surface area (Å²) in [4.78, 5) is 29.5. The van der Waals surface area contributed by atoms with Crippen molar-refractivity contribution in [1.29, 1.82) is 0 Å².